The first-order valence-electron chi connectivity index (χ1n) is 10.6. The molecule has 2 aromatic rings. The minimum Gasteiger partial charge on any atom is -0.507 e. The molecule has 4 rings (SSSR count). The van der Waals surface area contributed by atoms with E-state index in [1.54, 1.807) is 17.0 Å². The highest BCUT2D eigenvalue weighted by molar-refractivity contribution is 6.46. The second kappa shape index (κ2) is 7.46. The highest BCUT2D eigenvalue weighted by Crippen LogP contribution is 2.44. The summed E-state index contributed by atoms with van der Waals surface area (Å²) < 4.78 is 5.64. The molecule has 1 aliphatic heterocycles. The van der Waals surface area contributed by atoms with E-state index >= 15 is 0 Å². The topological polar surface area (TPSA) is 70.8 Å². The van der Waals surface area contributed by atoms with E-state index in [0.29, 0.717) is 11.3 Å². The molecule has 1 atom stereocenters. The standard InChI is InChI=1S/C25H29NO4/c1-15-11-12-16(25(2,3)4)14-18(15)22(27)20-21(19-10-7-13-30-19)26(24(29)23(20)28)17-8-5-6-9-17/h7,10-14,17,21,27H,5-6,8-9H2,1-4H3/b22-20+. The number of Topliss-reactive ketones (excluding diaryl/α,β-unsaturated/α-hetero) is 1. The molecule has 0 spiro atoms. The smallest absolute Gasteiger partial charge is 0.296 e. The lowest BCUT2D eigenvalue weighted by atomic mass is 9.84. The van der Waals surface area contributed by atoms with Crippen LogP contribution in [0.5, 0.6) is 0 Å². The van der Waals surface area contributed by atoms with Crippen LogP contribution in [0.25, 0.3) is 5.76 Å². The second-order valence-electron chi connectivity index (χ2n) is 9.44. The van der Waals surface area contributed by atoms with Crippen molar-refractivity contribution < 1.29 is 19.1 Å². The maximum atomic E-state index is 13.1. The van der Waals surface area contributed by atoms with E-state index in [2.05, 4.69) is 20.8 Å². The molecule has 1 saturated carbocycles. The summed E-state index contributed by atoms with van der Waals surface area (Å²) in [6.07, 6.45) is 5.33. The van der Waals surface area contributed by atoms with Crippen molar-refractivity contribution in [1.82, 2.24) is 4.90 Å². The number of benzene rings is 1. The zero-order valence-corrected chi connectivity index (χ0v) is 18.1. The predicted molar refractivity (Wildman–Crippen MR) is 115 cm³/mol. The van der Waals surface area contributed by atoms with E-state index in [4.69, 9.17) is 4.42 Å². The molecule has 5 heteroatoms. The van der Waals surface area contributed by atoms with Gasteiger partial charge in [0.15, 0.2) is 0 Å². The molecule has 1 aromatic heterocycles. The van der Waals surface area contributed by atoms with Crippen LogP contribution in [-0.4, -0.2) is 27.7 Å². The number of amides is 1. The third-order valence-corrected chi connectivity index (χ3v) is 6.37. The molecule has 30 heavy (non-hydrogen) atoms. The Morgan fingerprint density at radius 3 is 2.43 bits per heavy atom. The Morgan fingerprint density at radius 2 is 1.83 bits per heavy atom. The van der Waals surface area contributed by atoms with Crippen LogP contribution in [0.2, 0.25) is 0 Å². The quantitative estimate of drug-likeness (QED) is 0.429. The Labute approximate surface area is 177 Å². The molecule has 1 saturated heterocycles. The van der Waals surface area contributed by atoms with Gasteiger partial charge in [0.05, 0.1) is 11.8 Å². The minimum atomic E-state index is -0.694. The molecule has 1 amide bonds. The van der Waals surface area contributed by atoms with Gasteiger partial charge in [0.25, 0.3) is 11.7 Å². The lowest BCUT2D eigenvalue weighted by molar-refractivity contribution is -0.141. The number of carbonyl (C=O) groups is 2. The first-order chi connectivity index (χ1) is 14.2. The molecular formula is C25H29NO4. The van der Waals surface area contributed by atoms with Crippen LogP contribution < -0.4 is 0 Å². The Kier molecular flexibility index (Phi) is 5.08. The third-order valence-electron chi connectivity index (χ3n) is 6.37. The molecule has 0 radical (unpaired) electrons. The van der Waals surface area contributed by atoms with E-state index in [1.165, 1.54) is 6.26 Å². The number of ketones is 1. The Morgan fingerprint density at radius 1 is 1.13 bits per heavy atom. The number of rotatable bonds is 3. The molecule has 0 bridgehead atoms. The van der Waals surface area contributed by atoms with Gasteiger partial charge in [0, 0.05) is 11.6 Å². The van der Waals surface area contributed by atoms with Gasteiger partial charge in [-0.1, -0.05) is 45.7 Å². The minimum absolute atomic E-state index is 0.0103. The van der Waals surface area contributed by atoms with Crippen LogP contribution in [0.4, 0.5) is 0 Å². The van der Waals surface area contributed by atoms with Crippen molar-refractivity contribution in [2.75, 3.05) is 0 Å². The third kappa shape index (κ3) is 3.36. The number of aliphatic hydroxyl groups is 1. The average Bonchev–Trinajstić information content (AvgIpc) is 3.43. The number of likely N-dealkylation sites (tertiary alicyclic amines) is 1. The molecule has 2 fully saturated rings. The highest BCUT2D eigenvalue weighted by atomic mass is 16.3. The summed E-state index contributed by atoms with van der Waals surface area (Å²) in [6.45, 7) is 8.20. The number of nitrogens with zero attached hydrogens (tertiary/aromatic N) is 1. The molecule has 5 nitrogen and oxygen atoms in total. The molecule has 2 heterocycles. The van der Waals surface area contributed by atoms with Gasteiger partial charge in [-0.15, -0.1) is 0 Å². The van der Waals surface area contributed by atoms with E-state index in [9.17, 15) is 14.7 Å². The largest absolute Gasteiger partial charge is 0.507 e. The lowest BCUT2D eigenvalue weighted by Crippen LogP contribution is -2.37. The van der Waals surface area contributed by atoms with E-state index < -0.39 is 17.7 Å². The summed E-state index contributed by atoms with van der Waals surface area (Å²) in [5, 5.41) is 11.3. The van der Waals surface area contributed by atoms with Crippen LogP contribution in [0.15, 0.2) is 46.6 Å². The van der Waals surface area contributed by atoms with Crippen molar-refractivity contribution in [3.63, 3.8) is 0 Å². The molecule has 158 valence electrons. The van der Waals surface area contributed by atoms with Crippen molar-refractivity contribution in [3.8, 4) is 0 Å². The predicted octanol–water partition coefficient (Wildman–Crippen LogP) is 5.25. The fourth-order valence-electron chi connectivity index (χ4n) is 4.62. The van der Waals surface area contributed by atoms with E-state index in [-0.39, 0.29) is 22.8 Å². The van der Waals surface area contributed by atoms with Gasteiger partial charge in [-0.2, -0.15) is 0 Å². The zero-order chi connectivity index (χ0) is 21.6. The fourth-order valence-corrected chi connectivity index (χ4v) is 4.62. The van der Waals surface area contributed by atoms with Crippen LogP contribution in [0.3, 0.4) is 0 Å². The van der Waals surface area contributed by atoms with Gasteiger partial charge in [-0.25, -0.2) is 0 Å². The molecular weight excluding hydrogens is 378 g/mol. The van der Waals surface area contributed by atoms with E-state index in [1.807, 2.05) is 25.1 Å². The normalized spacial score (nSPS) is 22.3. The summed E-state index contributed by atoms with van der Waals surface area (Å²) in [5.41, 5.74) is 2.50. The van der Waals surface area contributed by atoms with Crippen LogP contribution in [0, 0.1) is 6.92 Å². The maximum Gasteiger partial charge on any atom is 0.296 e. The molecule has 2 aliphatic rings. The van der Waals surface area contributed by atoms with Crippen molar-refractivity contribution in [1.29, 1.82) is 0 Å². The summed E-state index contributed by atoms with van der Waals surface area (Å²) in [4.78, 5) is 27.8. The van der Waals surface area contributed by atoms with Crippen LogP contribution >= 0.6 is 0 Å². The van der Waals surface area contributed by atoms with Gasteiger partial charge in [0.2, 0.25) is 0 Å². The number of aryl methyl sites for hydroxylation is 1. The van der Waals surface area contributed by atoms with Crippen molar-refractivity contribution in [2.24, 2.45) is 0 Å². The van der Waals surface area contributed by atoms with Gasteiger partial charge in [-0.3, -0.25) is 9.59 Å². The summed E-state index contributed by atoms with van der Waals surface area (Å²) >= 11 is 0. The first-order valence-corrected chi connectivity index (χ1v) is 10.6. The van der Waals surface area contributed by atoms with Gasteiger partial charge >= 0.3 is 0 Å². The Balaban J connectivity index is 1.90. The van der Waals surface area contributed by atoms with E-state index in [0.717, 1.165) is 36.8 Å². The number of hydrogen-bond acceptors (Lipinski definition) is 4. The summed E-state index contributed by atoms with van der Waals surface area (Å²) in [5.74, 6) is -0.804. The summed E-state index contributed by atoms with van der Waals surface area (Å²) in [7, 11) is 0. The Bertz CT molecular complexity index is 1000. The average molecular weight is 408 g/mol. The van der Waals surface area contributed by atoms with Crippen molar-refractivity contribution in [3.05, 3.63) is 64.6 Å². The maximum absolute atomic E-state index is 13.1. The zero-order valence-electron chi connectivity index (χ0n) is 18.1. The molecule has 1 unspecified atom stereocenters. The molecule has 1 aromatic carbocycles. The van der Waals surface area contributed by atoms with Gasteiger partial charge in [0.1, 0.15) is 17.6 Å². The number of carbonyl (C=O) groups excluding carboxylic acids is 2. The van der Waals surface area contributed by atoms with Gasteiger partial charge < -0.3 is 14.4 Å². The van der Waals surface area contributed by atoms with Crippen LogP contribution in [-0.2, 0) is 15.0 Å². The fraction of sp³-hybridized carbons (Fsp3) is 0.440. The van der Waals surface area contributed by atoms with Crippen LogP contribution in [0.1, 0.15) is 74.9 Å². The monoisotopic (exact) mass is 407 g/mol. The highest BCUT2D eigenvalue weighted by Gasteiger charge is 2.50. The summed E-state index contributed by atoms with van der Waals surface area (Å²) in [6, 6.07) is 8.72. The first kappa shape index (κ1) is 20.5. The number of furan rings is 1. The Hall–Kier alpha value is -2.82. The van der Waals surface area contributed by atoms with Crippen molar-refractivity contribution >= 4 is 17.4 Å². The SMILES string of the molecule is Cc1ccc(C(C)(C)C)cc1/C(O)=C1\C(=O)C(=O)N(C2CCCC2)C1c1ccco1. The number of hydrogen-bond donors (Lipinski definition) is 1. The lowest BCUT2D eigenvalue weighted by Gasteiger charge is -2.29. The van der Waals surface area contributed by atoms with Crippen molar-refractivity contribution in [2.45, 2.75) is 70.9 Å². The molecule has 1 N–H and O–H groups in total. The van der Waals surface area contributed by atoms with Gasteiger partial charge in [-0.05, 0) is 54.5 Å². The number of aliphatic hydroxyl groups excluding tert-OH is 1. The second-order valence-corrected chi connectivity index (χ2v) is 9.44. The molecule has 1 aliphatic carbocycles.